The van der Waals surface area contributed by atoms with Gasteiger partial charge < -0.3 is 34.8 Å². The van der Waals surface area contributed by atoms with Gasteiger partial charge in [-0.1, -0.05) is 18.2 Å². The van der Waals surface area contributed by atoms with Gasteiger partial charge in [0, 0.05) is 93.6 Å². The molecule has 4 fully saturated rings. The van der Waals surface area contributed by atoms with Crippen LogP contribution in [0.1, 0.15) is 72.7 Å². The first-order chi connectivity index (χ1) is 29.5. The number of morpholine rings is 1. The number of carbonyl (C=O) groups excluding carboxylic acids is 3. The number of urea groups is 1. The first-order valence-corrected chi connectivity index (χ1v) is 21.3. The highest BCUT2D eigenvalue weighted by Crippen LogP contribution is 2.37. The van der Waals surface area contributed by atoms with Gasteiger partial charge in [-0.05, 0) is 99.0 Å². The number of carbonyl (C=O) groups is 3. The Bertz CT molecular complexity index is 2480. The van der Waals surface area contributed by atoms with Gasteiger partial charge in [0.1, 0.15) is 17.7 Å². The molecule has 4 N–H and O–H groups in total. The van der Waals surface area contributed by atoms with Crippen LogP contribution in [-0.2, 0) is 9.53 Å². The number of aryl methyl sites for hydroxylation is 1. The third-order valence-corrected chi connectivity index (χ3v) is 12.9. The van der Waals surface area contributed by atoms with Gasteiger partial charge in [-0.2, -0.15) is 0 Å². The number of hydrogen-bond acceptors (Lipinski definition) is 10. The number of ether oxygens (including phenoxy) is 1. The summed E-state index contributed by atoms with van der Waals surface area (Å²) in [7, 11) is 0. The maximum atomic E-state index is 15.4. The van der Waals surface area contributed by atoms with E-state index in [2.05, 4.69) is 29.9 Å². The van der Waals surface area contributed by atoms with Crippen LogP contribution in [0.25, 0.3) is 22.2 Å². The molecule has 4 aliphatic rings. The zero-order chi connectivity index (χ0) is 42.4. The number of amides is 4. The molecule has 0 saturated carbocycles. The van der Waals surface area contributed by atoms with Crippen LogP contribution in [0, 0.1) is 18.7 Å². The summed E-state index contributed by atoms with van der Waals surface area (Å²) >= 11 is 0. The fraction of sp³-hybridized carbons (Fsp3) is 0.413. The van der Waals surface area contributed by atoms with Gasteiger partial charge >= 0.3 is 6.03 Å². The molecular weight excluding hydrogens is 778 g/mol. The maximum Gasteiger partial charge on any atom is 0.328 e. The van der Waals surface area contributed by atoms with E-state index in [1.165, 1.54) is 11.0 Å². The number of para-hydroxylation sites is 1. The standard InChI is InChI=1S/C46H52FN9O5/c1-28-21-32(7-8-34(28)42-27-54(25-29(2)61-42)40-24-37(50-51-44(40)48)35-5-3-4-6-41(35)57)45(59)53-17-9-30(10-18-53)26-52-15-12-33(13-16-52)55-19-11-31-22-39(36(47)23-38(31)55)56-20-14-43(58)49-46(56)60/h3-8,11,19,21-24,29-30,33,42,57H,9-10,12-18,20,25-27H2,1-2H3,(H2,48,51)(H,49,58,60)/t29-,42-/m0/s1. The predicted octanol–water partition coefficient (Wildman–Crippen LogP) is 6.44. The van der Waals surface area contributed by atoms with Crippen LogP contribution in [0.3, 0.4) is 0 Å². The molecule has 4 amide bonds. The van der Waals surface area contributed by atoms with Crippen LogP contribution >= 0.6 is 0 Å². The summed E-state index contributed by atoms with van der Waals surface area (Å²) in [4.78, 5) is 45.7. The topological polar surface area (TPSA) is 162 Å². The van der Waals surface area contributed by atoms with E-state index in [4.69, 9.17) is 10.5 Å². The highest BCUT2D eigenvalue weighted by Gasteiger charge is 2.32. The fourth-order valence-corrected chi connectivity index (χ4v) is 9.69. The number of benzene rings is 3. The molecule has 6 heterocycles. The quantitative estimate of drug-likeness (QED) is 0.159. The number of hydrogen-bond donors (Lipinski definition) is 3. The molecule has 2 aromatic heterocycles. The lowest BCUT2D eigenvalue weighted by Gasteiger charge is -2.39. The summed E-state index contributed by atoms with van der Waals surface area (Å²) in [5, 5.41) is 22.0. The molecule has 9 rings (SSSR count). The number of anilines is 3. The Morgan fingerprint density at radius 3 is 2.48 bits per heavy atom. The molecule has 0 radical (unpaired) electrons. The minimum absolute atomic E-state index is 0.0533. The molecule has 318 valence electrons. The van der Waals surface area contributed by atoms with Crippen LogP contribution in [0.15, 0.2) is 72.9 Å². The Hall–Kier alpha value is -6.06. The summed E-state index contributed by atoms with van der Waals surface area (Å²) in [6.45, 7) is 9.71. The maximum absolute atomic E-state index is 15.4. The molecule has 5 aromatic rings. The number of halogens is 1. The fourth-order valence-electron chi connectivity index (χ4n) is 9.69. The number of nitrogen functional groups attached to an aromatic ring is 1. The first-order valence-electron chi connectivity index (χ1n) is 21.3. The first kappa shape index (κ1) is 40.4. The van der Waals surface area contributed by atoms with Gasteiger partial charge in [0.25, 0.3) is 5.91 Å². The summed E-state index contributed by atoms with van der Waals surface area (Å²) in [5.41, 5.74) is 11.9. The van der Waals surface area contributed by atoms with E-state index >= 15 is 4.39 Å². The van der Waals surface area contributed by atoms with Crippen molar-refractivity contribution >= 4 is 45.9 Å². The summed E-state index contributed by atoms with van der Waals surface area (Å²) < 4.78 is 24.0. The molecule has 0 aliphatic carbocycles. The summed E-state index contributed by atoms with van der Waals surface area (Å²) in [6.07, 6.45) is 5.63. The van der Waals surface area contributed by atoms with Crippen molar-refractivity contribution < 1.29 is 28.6 Å². The lowest BCUT2D eigenvalue weighted by molar-refractivity contribution is -0.120. The Morgan fingerprint density at radius 2 is 1.72 bits per heavy atom. The number of piperidine rings is 2. The van der Waals surface area contributed by atoms with Gasteiger partial charge in [0.2, 0.25) is 5.91 Å². The number of nitrogens with two attached hydrogens (primary N) is 1. The third-order valence-electron chi connectivity index (χ3n) is 12.9. The Kier molecular flexibility index (Phi) is 11.1. The number of imide groups is 1. The van der Waals surface area contributed by atoms with Crippen LogP contribution in [-0.4, -0.2) is 106 Å². The van der Waals surface area contributed by atoms with Crippen LogP contribution in [0.2, 0.25) is 0 Å². The molecule has 4 aliphatic heterocycles. The largest absolute Gasteiger partial charge is 0.507 e. The molecule has 61 heavy (non-hydrogen) atoms. The van der Waals surface area contributed by atoms with Crippen molar-refractivity contribution in [1.29, 1.82) is 0 Å². The third kappa shape index (κ3) is 8.23. The molecule has 2 atom stereocenters. The van der Waals surface area contributed by atoms with E-state index in [9.17, 15) is 19.5 Å². The molecule has 0 spiro atoms. The number of rotatable bonds is 8. The van der Waals surface area contributed by atoms with Crippen molar-refractivity contribution in [2.75, 3.05) is 67.9 Å². The van der Waals surface area contributed by atoms with Crippen LogP contribution in [0.5, 0.6) is 5.75 Å². The molecule has 0 bridgehead atoms. The number of fused-ring (bicyclic) bond motifs is 1. The summed E-state index contributed by atoms with van der Waals surface area (Å²) in [6, 6.07) is 19.7. The number of phenols is 1. The second-order valence-electron chi connectivity index (χ2n) is 17.0. The highest BCUT2D eigenvalue weighted by atomic mass is 19.1. The van der Waals surface area contributed by atoms with E-state index in [1.54, 1.807) is 24.3 Å². The van der Waals surface area contributed by atoms with Crippen molar-refractivity contribution in [3.63, 3.8) is 0 Å². The highest BCUT2D eigenvalue weighted by molar-refractivity contribution is 6.06. The lowest BCUT2D eigenvalue weighted by Crippen LogP contribution is -2.49. The smallest absolute Gasteiger partial charge is 0.328 e. The van der Waals surface area contributed by atoms with E-state index in [-0.39, 0.29) is 54.5 Å². The number of aromatic hydroxyl groups is 1. The second kappa shape index (κ2) is 16.8. The average molecular weight is 830 g/mol. The zero-order valence-corrected chi connectivity index (χ0v) is 34.6. The monoisotopic (exact) mass is 829 g/mol. The van der Waals surface area contributed by atoms with Gasteiger partial charge in [-0.15, -0.1) is 10.2 Å². The number of nitrogens with one attached hydrogen (secondary N) is 1. The SMILES string of the molecule is Cc1cc(C(=O)N2CCC(CN3CCC(n4ccc5cc(N6CCC(=O)NC6=O)c(F)cc54)CC3)CC2)ccc1[C@@H]1CN(c2cc(-c3ccccc3O)nnc2N)C[C@H](C)O1. The minimum atomic E-state index is -0.594. The molecule has 15 heteroatoms. The molecular formula is C46H52FN9O5. The molecule has 14 nitrogen and oxygen atoms in total. The van der Waals surface area contributed by atoms with Gasteiger partial charge in [0.15, 0.2) is 5.82 Å². The second-order valence-corrected chi connectivity index (χ2v) is 17.0. The van der Waals surface area contributed by atoms with Crippen molar-refractivity contribution in [2.45, 2.75) is 64.2 Å². The average Bonchev–Trinajstić information content (AvgIpc) is 3.66. The number of phenolic OH excluding ortho intramolecular Hbond substituents is 1. The number of aromatic nitrogens is 3. The van der Waals surface area contributed by atoms with Crippen LogP contribution < -0.4 is 20.9 Å². The van der Waals surface area contributed by atoms with Gasteiger partial charge in [0.05, 0.1) is 28.7 Å². The van der Waals surface area contributed by atoms with Crippen molar-refractivity contribution in [3.05, 3.63) is 95.4 Å². The van der Waals surface area contributed by atoms with E-state index in [0.29, 0.717) is 41.6 Å². The summed E-state index contributed by atoms with van der Waals surface area (Å²) in [5.74, 6) is 0.174. The minimum Gasteiger partial charge on any atom is -0.507 e. The van der Waals surface area contributed by atoms with E-state index in [0.717, 1.165) is 86.1 Å². The Balaban J connectivity index is 0.775. The van der Waals surface area contributed by atoms with Crippen molar-refractivity contribution in [2.24, 2.45) is 5.92 Å². The normalized spacial score (nSPS) is 21.0. The number of nitrogens with zero attached hydrogens (tertiary/aromatic N) is 7. The van der Waals surface area contributed by atoms with Crippen molar-refractivity contribution in [1.82, 2.24) is 29.9 Å². The van der Waals surface area contributed by atoms with Gasteiger partial charge in [-0.3, -0.25) is 19.8 Å². The van der Waals surface area contributed by atoms with E-state index < -0.39 is 11.8 Å². The van der Waals surface area contributed by atoms with Crippen LogP contribution in [0.4, 0.5) is 26.4 Å². The van der Waals surface area contributed by atoms with Crippen molar-refractivity contribution in [3.8, 4) is 17.0 Å². The van der Waals surface area contributed by atoms with Gasteiger partial charge in [-0.25, -0.2) is 9.18 Å². The predicted molar refractivity (Wildman–Crippen MR) is 231 cm³/mol. The Labute approximate surface area is 354 Å². The van der Waals surface area contributed by atoms with E-state index in [1.807, 2.05) is 61.3 Å². The molecule has 3 aromatic carbocycles. The molecule has 0 unspecified atom stereocenters. The lowest BCUT2D eigenvalue weighted by atomic mass is 9.93. The Morgan fingerprint density at radius 1 is 0.934 bits per heavy atom. The molecule has 4 saturated heterocycles. The number of likely N-dealkylation sites (tertiary alicyclic amines) is 2. The zero-order valence-electron chi connectivity index (χ0n) is 34.6.